The summed E-state index contributed by atoms with van der Waals surface area (Å²) >= 11 is 0. The molecule has 110 valence electrons. The molecular weight excluding hydrogens is 260 g/mol. The molecule has 0 atom stereocenters. The molecule has 21 heavy (non-hydrogen) atoms. The highest BCUT2D eigenvalue weighted by Crippen LogP contribution is 2.29. The van der Waals surface area contributed by atoms with Crippen molar-refractivity contribution in [2.24, 2.45) is 0 Å². The van der Waals surface area contributed by atoms with E-state index in [1.54, 1.807) is 7.11 Å². The number of benzene rings is 1. The summed E-state index contributed by atoms with van der Waals surface area (Å²) in [6.45, 7) is 8.18. The van der Waals surface area contributed by atoms with Crippen molar-refractivity contribution in [3.8, 4) is 16.9 Å². The number of hydrogen-bond acceptors (Lipinski definition) is 2. The Hall–Kier alpha value is -2.09. The molecule has 0 unspecified atom stereocenters. The predicted octanol–water partition coefficient (Wildman–Crippen LogP) is 4.33. The minimum absolute atomic E-state index is 0.0645. The molecule has 0 aliphatic rings. The Morgan fingerprint density at radius 1 is 0.952 bits per heavy atom. The smallest absolute Gasteiger partial charge is 0.190 e. The fraction of sp³-hybridized carbons (Fsp3) is 0.316. The average molecular weight is 282 g/mol. The molecule has 0 spiro atoms. The molecule has 2 heteroatoms. The summed E-state index contributed by atoms with van der Waals surface area (Å²) in [6.07, 6.45) is 0. The molecule has 0 heterocycles. The van der Waals surface area contributed by atoms with Crippen LogP contribution in [0.15, 0.2) is 47.3 Å². The van der Waals surface area contributed by atoms with Crippen molar-refractivity contribution in [3.05, 3.63) is 63.8 Å². The summed E-state index contributed by atoms with van der Waals surface area (Å²) in [6, 6.07) is 13.5. The van der Waals surface area contributed by atoms with Crippen molar-refractivity contribution in [2.45, 2.75) is 33.1 Å². The van der Waals surface area contributed by atoms with E-state index in [0.29, 0.717) is 5.56 Å². The Labute approximate surface area is 126 Å². The van der Waals surface area contributed by atoms with Crippen LogP contribution in [0.3, 0.4) is 0 Å². The zero-order chi connectivity index (χ0) is 15.6. The van der Waals surface area contributed by atoms with Gasteiger partial charge in [0.15, 0.2) is 5.43 Å². The van der Waals surface area contributed by atoms with E-state index in [4.69, 9.17) is 4.74 Å². The van der Waals surface area contributed by atoms with Gasteiger partial charge in [0, 0.05) is 16.7 Å². The predicted molar refractivity (Wildman–Crippen MR) is 88.1 cm³/mol. The first kappa shape index (κ1) is 15.3. The van der Waals surface area contributed by atoms with Crippen LogP contribution in [0.25, 0.3) is 11.1 Å². The minimum Gasteiger partial charge on any atom is -0.496 e. The van der Waals surface area contributed by atoms with Gasteiger partial charge in [-0.25, -0.2) is 0 Å². The number of aryl methyl sites for hydroxylation is 1. The maximum atomic E-state index is 12.9. The van der Waals surface area contributed by atoms with Crippen molar-refractivity contribution >= 4 is 0 Å². The van der Waals surface area contributed by atoms with Gasteiger partial charge in [0.1, 0.15) is 5.75 Å². The molecule has 0 aromatic heterocycles. The quantitative estimate of drug-likeness (QED) is 0.819. The van der Waals surface area contributed by atoms with Gasteiger partial charge in [0.05, 0.1) is 7.11 Å². The van der Waals surface area contributed by atoms with Crippen LogP contribution >= 0.6 is 0 Å². The van der Waals surface area contributed by atoms with E-state index >= 15 is 0 Å². The molecule has 0 radical (unpaired) electrons. The van der Waals surface area contributed by atoms with Crippen molar-refractivity contribution in [3.63, 3.8) is 0 Å². The lowest BCUT2D eigenvalue weighted by molar-refractivity contribution is 0.416. The summed E-state index contributed by atoms with van der Waals surface area (Å²) in [5, 5.41) is 0. The van der Waals surface area contributed by atoms with Gasteiger partial charge in [0.25, 0.3) is 0 Å². The first-order chi connectivity index (χ1) is 9.84. The van der Waals surface area contributed by atoms with Crippen LogP contribution in [-0.2, 0) is 5.41 Å². The van der Waals surface area contributed by atoms with Gasteiger partial charge >= 0.3 is 0 Å². The summed E-state index contributed by atoms with van der Waals surface area (Å²) in [7, 11) is 1.64. The number of rotatable bonds is 2. The van der Waals surface area contributed by atoms with Crippen LogP contribution < -0.4 is 10.2 Å². The van der Waals surface area contributed by atoms with Gasteiger partial charge in [-0.15, -0.1) is 0 Å². The SMILES string of the molecule is COc1cc(C)ccc1-c1ccccc(C(C)(C)C)c1=O. The Kier molecular flexibility index (Phi) is 4.17. The molecule has 2 rings (SSSR count). The van der Waals surface area contributed by atoms with Crippen LogP contribution in [0.1, 0.15) is 31.9 Å². The highest BCUT2D eigenvalue weighted by molar-refractivity contribution is 5.71. The molecule has 0 bridgehead atoms. The highest BCUT2D eigenvalue weighted by Gasteiger charge is 2.19. The molecule has 0 saturated heterocycles. The van der Waals surface area contributed by atoms with Crippen molar-refractivity contribution in [2.75, 3.05) is 7.11 Å². The molecule has 0 aliphatic heterocycles. The van der Waals surface area contributed by atoms with E-state index in [1.807, 2.05) is 49.4 Å². The molecular formula is C19H22O2. The van der Waals surface area contributed by atoms with Crippen molar-refractivity contribution < 1.29 is 4.74 Å². The lowest BCUT2D eigenvalue weighted by Gasteiger charge is -2.17. The van der Waals surface area contributed by atoms with Crippen LogP contribution in [0, 0.1) is 6.92 Å². The number of hydrogen-bond donors (Lipinski definition) is 0. The van der Waals surface area contributed by atoms with Gasteiger partial charge in [0.2, 0.25) is 0 Å². The van der Waals surface area contributed by atoms with Gasteiger partial charge in [-0.3, -0.25) is 4.79 Å². The molecule has 2 aromatic carbocycles. The van der Waals surface area contributed by atoms with Crippen LogP contribution in [0.5, 0.6) is 5.75 Å². The van der Waals surface area contributed by atoms with E-state index < -0.39 is 0 Å². The Bertz CT molecular complexity index is 709. The highest BCUT2D eigenvalue weighted by atomic mass is 16.5. The number of ether oxygens (including phenoxy) is 1. The summed E-state index contributed by atoms with van der Waals surface area (Å²) in [4.78, 5) is 12.9. The van der Waals surface area contributed by atoms with E-state index in [0.717, 1.165) is 22.4 Å². The summed E-state index contributed by atoms with van der Waals surface area (Å²) in [5.41, 5.74) is 3.32. The standard InChI is InChI=1S/C19H22O2/c1-13-10-11-14(17(12-13)21-5)15-8-6-7-9-16(18(15)20)19(2,3)4/h6-12H,1-5H3. The Morgan fingerprint density at radius 2 is 1.62 bits per heavy atom. The van der Waals surface area contributed by atoms with Gasteiger partial charge in [-0.05, 0) is 24.0 Å². The van der Waals surface area contributed by atoms with Crippen molar-refractivity contribution in [1.82, 2.24) is 0 Å². The molecule has 0 amide bonds. The third-order valence-corrected chi connectivity index (χ3v) is 3.58. The lowest BCUT2D eigenvalue weighted by Crippen LogP contribution is -2.21. The Morgan fingerprint density at radius 3 is 2.24 bits per heavy atom. The molecule has 0 N–H and O–H groups in total. The van der Waals surface area contributed by atoms with Crippen LogP contribution in [0.4, 0.5) is 0 Å². The Balaban J connectivity index is 2.78. The average Bonchev–Trinajstić information content (AvgIpc) is 2.60. The van der Waals surface area contributed by atoms with E-state index in [1.165, 1.54) is 0 Å². The molecule has 2 nitrogen and oxygen atoms in total. The second-order valence-corrected chi connectivity index (χ2v) is 6.33. The van der Waals surface area contributed by atoms with E-state index in [-0.39, 0.29) is 10.8 Å². The molecule has 2 aromatic rings. The lowest BCUT2D eigenvalue weighted by atomic mass is 9.86. The third kappa shape index (κ3) is 3.15. The second kappa shape index (κ2) is 5.72. The first-order valence-electron chi connectivity index (χ1n) is 7.13. The zero-order valence-electron chi connectivity index (χ0n) is 13.4. The minimum atomic E-state index is -0.192. The fourth-order valence-electron chi connectivity index (χ4n) is 2.42. The molecule has 0 saturated carbocycles. The largest absolute Gasteiger partial charge is 0.496 e. The zero-order valence-corrected chi connectivity index (χ0v) is 13.4. The van der Waals surface area contributed by atoms with E-state index in [2.05, 4.69) is 20.8 Å². The normalized spacial score (nSPS) is 11.3. The van der Waals surface area contributed by atoms with Gasteiger partial charge in [-0.1, -0.05) is 57.2 Å². The molecule has 0 fully saturated rings. The third-order valence-electron chi connectivity index (χ3n) is 3.58. The van der Waals surface area contributed by atoms with Crippen LogP contribution in [0.2, 0.25) is 0 Å². The maximum Gasteiger partial charge on any atom is 0.190 e. The second-order valence-electron chi connectivity index (χ2n) is 6.33. The number of methoxy groups -OCH3 is 1. The van der Waals surface area contributed by atoms with Gasteiger partial charge in [-0.2, -0.15) is 0 Å². The van der Waals surface area contributed by atoms with E-state index in [9.17, 15) is 4.79 Å². The van der Waals surface area contributed by atoms with Crippen LogP contribution in [-0.4, -0.2) is 7.11 Å². The summed E-state index contributed by atoms with van der Waals surface area (Å²) < 4.78 is 5.45. The van der Waals surface area contributed by atoms with Gasteiger partial charge < -0.3 is 4.74 Å². The van der Waals surface area contributed by atoms with Crippen molar-refractivity contribution in [1.29, 1.82) is 0 Å². The monoisotopic (exact) mass is 282 g/mol. The fourth-order valence-corrected chi connectivity index (χ4v) is 2.42. The molecule has 0 aliphatic carbocycles. The summed E-state index contributed by atoms with van der Waals surface area (Å²) in [5.74, 6) is 0.734. The maximum absolute atomic E-state index is 12.9. The topological polar surface area (TPSA) is 26.3 Å². The first-order valence-corrected chi connectivity index (χ1v) is 7.13.